The van der Waals surface area contributed by atoms with Crippen molar-refractivity contribution in [1.82, 2.24) is 0 Å². The normalized spacial score (nSPS) is 23.9. The Hall–Kier alpha value is -0.800. The van der Waals surface area contributed by atoms with Gasteiger partial charge in [-0.1, -0.05) is 6.92 Å². The summed E-state index contributed by atoms with van der Waals surface area (Å²) in [7, 11) is 0. The molecule has 0 saturated heterocycles. The van der Waals surface area contributed by atoms with Gasteiger partial charge in [0.2, 0.25) is 0 Å². The van der Waals surface area contributed by atoms with Gasteiger partial charge in [0, 0.05) is 0 Å². The predicted molar refractivity (Wildman–Crippen MR) is 41.3 cm³/mol. The molecule has 1 nitrogen and oxygen atoms in total. The van der Waals surface area contributed by atoms with E-state index in [-0.39, 0.29) is 6.04 Å². The van der Waals surface area contributed by atoms with Gasteiger partial charge in [0.15, 0.2) is 0 Å². The topological polar surface area (TPSA) is 12.4 Å². The van der Waals surface area contributed by atoms with Gasteiger partial charge >= 0.3 is 6.18 Å². The van der Waals surface area contributed by atoms with E-state index >= 15 is 0 Å². The van der Waals surface area contributed by atoms with E-state index in [0.29, 0.717) is 12.0 Å². The van der Waals surface area contributed by atoms with Crippen LogP contribution >= 0.6 is 0 Å². The first-order valence-electron chi connectivity index (χ1n) is 3.78. The van der Waals surface area contributed by atoms with Crippen molar-refractivity contribution in [2.24, 2.45) is 4.99 Å². The number of hydrogen-bond donors (Lipinski definition) is 0. The third-order valence-electron chi connectivity index (χ3n) is 1.86. The Morgan fingerprint density at radius 2 is 2.08 bits per heavy atom. The maximum atomic E-state index is 12.1. The van der Waals surface area contributed by atoms with Crippen LogP contribution in [0.3, 0.4) is 0 Å². The van der Waals surface area contributed by atoms with Crippen LogP contribution in [0.1, 0.15) is 20.3 Å². The van der Waals surface area contributed by atoms with Crippen LogP contribution in [-0.2, 0) is 0 Å². The Bertz CT molecular complexity index is 237. The third-order valence-corrected chi connectivity index (χ3v) is 1.86. The lowest BCUT2D eigenvalue weighted by atomic mass is 10.1. The van der Waals surface area contributed by atoms with Crippen LogP contribution in [0.2, 0.25) is 0 Å². The molecule has 1 aliphatic rings. The summed E-state index contributed by atoms with van der Waals surface area (Å²) in [6, 6.07) is -0.262. The number of alkyl halides is 3. The molecule has 1 aliphatic heterocycles. The molecule has 0 aromatic heterocycles. The summed E-state index contributed by atoms with van der Waals surface area (Å²) in [5.41, 5.74) is -0.0447. The molecule has 68 valence electrons. The average molecular weight is 177 g/mol. The zero-order valence-corrected chi connectivity index (χ0v) is 6.94. The first-order chi connectivity index (χ1) is 5.45. The molecule has 12 heavy (non-hydrogen) atoms. The maximum absolute atomic E-state index is 12.1. The molecule has 0 fully saturated rings. The first-order valence-corrected chi connectivity index (χ1v) is 3.78. The molecule has 0 bridgehead atoms. The fourth-order valence-electron chi connectivity index (χ4n) is 1.19. The fourth-order valence-corrected chi connectivity index (χ4v) is 1.19. The van der Waals surface area contributed by atoms with Crippen LogP contribution in [0, 0.1) is 0 Å². The molecule has 1 unspecified atom stereocenters. The third kappa shape index (κ3) is 1.68. The number of halogens is 3. The molecular weight excluding hydrogens is 167 g/mol. The van der Waals surface area contributed by atoms with Crippen molar-refractivity contribution >= 4 is 5.71 Å². The number of rotatable bonds is 1. The summed E-state index contributed by atoms with van der Waals surface area (Å²) in [4.78, 5) is 3.56. The van der Waals surface area contributed by atoms with Gasteiger partial charge in [0.05, 0.1) is 6.04 Å². The van der Waals surface area contributed by atoms with Gasteiger partial charge in [-0.2, -0.15) is 13.2 Å². The summed E-state index contributed by atoms with van der Waals surface area (Å²) in [5, 5.41) is 0. The van der Waals surface area contributed by atoms with Crippen molar-refractivity contribution < 1.29 is 13.2 Å². The molecule has 1 atom stereocenters. The van der Waals surface area contributed by atoms with Gasteiger partial charge in [-0.25, -0.2) is 0 Å². The lowest BCUT2D eigenvalue weighted by Crippen LogP contribution is -2.19. The Kier molecular flexibility index (Phi) is 2.26. The zero-order chi connectivity index (χ0) is 9.35. The van der Waals surface area contributed by atoms with Crippen molar-refractivity contribution in [1.29, 1.82) is 0 Å². The van der Waals surface area contributed by atoms with E-state index in [0.717, 1.165) is 6.08 Å². The van der Waals surface area contributed by atoms with Crippen LogP contribution in [0.5, 0.6) is 0 Å². The highest BCUT2D eigenvalue weighted by molar-refractivity contribution is 6.02. The second-order valence-electron chi connectivity index (χ2n) is 2.82. The van der Waals surface area contributed by atoms with Crippen molar-refractivity contribution in [2.45, 2.75) is 32.5 Å². The highest BCUT2D eigenvalue weighted by Crippen LogP contribution is 2.26. The van der Waals surface area contributed by atoms with Crippen molar-refractivity contribution in [3.05, 3.63) is 11.6 Å². The van der Waals surface area contributed by atoms with E-state index in [2.05, 4.69) is 4.99 Å². The molecule has 1 rings (SSSR count). The van der Waals surface area contributed by atoms with E-state index < -0.39 is 11.9 Å². The monoisotopic (exact) mass is 177 g/mol. The quantitative estimate of drug-likeness (QED) is 0.584. The van der Waals surface area contributed by atoms with Gasteiger partial charge in [-0.05, 0) is 25.0 Å². The lowest BCUT2D eigenvalue weighted by molar-refractivity contribution is -0.0577. The van der Waals surface area contributed by atoms with E-state index in [1.807, 2.05) is 6.92 Å². The van der Waals surface area contributed by atoms with Crippen molar-refractivity contribution in [2.75, 3.05) is 0 Å². The van der Waals surface area contributed by atoms with Crippen LogP contribution in [0.4, 0.5) is 13.2 Å². The van der Waals surface area contributed by atoms with Gasteiger partial charge in [0.25, 0.3) is 0 Å². The molecular formula is C8H10F3N. The second-order valence-corrected chi connectivity index (χ2v) is 2.82. The molecule has 1 heterocycles. The minimum Gasteiger partial charge on any atom is -0.273 e. The average Bonchev–Trinajstić information content (AvgIpc) is 2.29. The van der Waals surface area contributed by atoms with Gasteiger partial charge < -0.3 is 0 Å². The summed E-state index contributed by atoms with van der Waals surface area (Å²) < 4.78 is 36.2. The fraction of sp³-hybridized carbons (Fsp3) is 0.625. The van der Waals surface area contributed by atoms with Crippen LogP contribution in [0.15, 0.2) is 16.6 Å². The molecule has 0 aromatic rings. The minimum absolute atomic E-state index is 0.262. The second kappa shape index (κ2) is 2.92. The molecule has 0 N–H and O–H groups in total. The summed E-state index contributed by atoms with van der Waals surface area (Å²) >= 11 is 0. The predicted octanol–water partition coefficient (Wildman–Crippen LogP) is 2.73. The van der Waals surface area contributed by atoms with E-state index in [1.54, 1.807) is 6.92 Å². The number of nitrogens with zero attached hydrogens (tertiary/aromatic N) is 1. The standard InChI is InChI=1S/C8H10F3N/c1-3-6-5(2)4-7(12-6)8(9,10)11/h4,6H,3H2,1-2H3. The molecule has 0 saturated carbocycles. The highest BCUT2D eigenvalue weighted by atomic mass is 19.4. The summed E-state index contributed by atoms with van der Waals surface area (Å²) in [6.45, 7) is 3.50. The largest absolute Gasteiger partial charge is 0.432 e. The van der Waals surface area contributed by atoms with Crippen molar-refractivity contribution in [3.8, 4) is 0 Å². The number of allylic oxidation sites excluding steroid dienone is 1. The van der Waals surface area contributed by atoms with Gasteiger partial charge in [0.1, 0.15) is 5.71 Å². The van der Waals surface area contributed by atoms with E-state index in [4.69, 9.17) is 0 Å². The molecule has 0 aromatic carbocycles. The van der Waals surface area contributed by atoms with Gasteiger partial charge in [-0.15, -0.1) is 0 Å². The molecule has 4 heteroatoms. The Morgan fingerprint density at radius 3 is 2.33 bits per heavy atom. The molecule has 0 aliphatic carbocycles. The molecule has 0 spiro atoms. The number of hydrogen-bond acceptors (Lipinski definition) is 1. The van der Waals surface area contributed by atoms with E-state index in [1.165, 1.54) is 0 Å². The number of aliphatic imine (C=N–C) groups is 1. The van der Waals surface area contributed by atoms with Crippen molar-refractivity contribution in [3.63, 3.8) is 0 Å². The molecule has 0 radical (unpaired) electrons. The Labute approximate surface area is 69.0 Å². The summed E-state index contributed by atoms with van der Waals surface area (Å²) in [5.74, 6) is 0. The molecule has 0 amide bonds. The first kappa shape index (κ1) is 9.29. The zero-order valence-electron chi connectivity index (χ0n) is 6.94. The summed E-state index contributed by atoms with van der Waals surface area (Å²) in [6.07, 6.45) is -2.54. The van der Waals surface area contributed by atoms with Crippen LogP contribution in [0.25, 0.3) is 0 Å². The van der Waals surface area contributed by atoms with Gasteiger partial charge in [-0.3, -0.25) is 4.99 Å². The van der Waals surface area contributed by atoms with Crippen LogP contribution < -0.4 is 0 Å². The Balaban J connectivity index is 2.85. The maximum Gasteiger partial charge on any atom is 0.432 e. The SMILES string of the molecule is CCC1N=C(C(F)(F)F)C=C1C. The minimum atomic E-state index is -4.29. The Morgan fingerprint density at radius 1 is 1.50 bits per heavy atom. The lowest BCUT2D eigenvalue weighted by Gasteiger charge is -2.04. The van der Waals surface area contributed by atoms with Crippen LogP contribution in [-0.4, -0.2) is 17.9 Å². The smallest absolute Gasteiger partial charge is 0.273 e. The highest BCUT2D eigenvalue weighted by Gasteiger charge is 2.37. The van der Waals surface area contributed by atoms with E-state index in [9.17, 15) is 13.2 Å².